The average Bonchev–Trinajstić information content (AvgIpc) is 2.38. The molecule has 136 valence electrons. The fourth-order valence-corrected chi connectivity index (χ4v) is 3.89. The van der Waals surface area contributed by atoms with Gasteiger partial charge in [-0.25, -0.2) is 9.59 Å². The van der Waals surface area contributed by atoms with E-state index in [-0.39, 0.29) is 17.1 Å². The van der Waals surface area contributed by atoms with E-state index in [2.05, 4.69) is 19.2 Å². The van der Waals surface area contributed by atoms with Gasteiger partial charge in [0.15, 0.2) is 11.4 Å². The minimum Gasteiger partial charge on any atom is -0.450 e. The van der Waals surface area contributed by atoms with Gasteiger partial charge in [0.1, 0.15) is 11.6 Å². The van der Waals surface area contributed by atoms with E-state index >= 15 is 0 Å². The monoisotopic (exact) mass is 339 g/mol. The first-order chi connectivity index (χ1) is 10.8. The molecule has 3 saturated carbocycles. The van der Waals surface area contributed by atoms with Crippen molar-refractivity contribution >= 4 is 17.8 Å². The lowest BCUT2D eigenvalue weighted by molar-refractivity contribution is -0.214. The van der Waals surface area contributed by atoms with Crippen LogP contribution in [-0.2, 0) is 19.1 Å². The summed E-state index contributed by atoms with van der Waals surface area (Å²) in [5, 5.41) is 2.46. The van der Waals surface area contributed by atoms with Crippen molar-refractivity contribution in [3.8, 4) is 0 Å². The fourth-order valence-electron chi connectivity index (χ4n) is 3.89. The fraction of sp³-hybridized carbons (Fsp3) is 0.833. The highest BCUT2D eigenvalue weighted by molar-refractivity contribution is 5.93. The number of hydrogen-bond acceptors (Lipinski definition) is 5. The third kappa shape index (κ3) is 3.28. The number of alkyl carbamates (subject to hydrolysis) is 1. The number of rotatable bonds is 3. The molecule has 0 spiro atoms. The van der Waals surface area contributed by atoms with E-state index in [0.29, 0.717) is 12.3 Å². The van der Waals surface area contributed by atoms with E-state index < -0.39 is 29.3 Å². The van der Waals surface area contributed by atoms with Gasteiger partial charge in [-0.1, -0.05) is 13.8 Å². The first kappa shape index (κ1) is 18.7. The van der Waals surface area contributed by atoms with Gasteiger partial charge in [0, 0.05) is 12.3 Å². The van der Waals surface area contributed by atoms with Crippen LogP contribution in [0.25, 0.3) is 0 Å². The predicted octanol–water partition coefficient (Wildman–Crippen LogP) is 2.84. The minimum absolute atomic E-state index is 0.00915. The molecule has 2 bridgehead atoms. The Balaban J connectivity index is 2.00. The normalized spacial score (nSPS) is 32.4. The van der Waals surface area contributed by atoms with E-state index in [1.807, 2.05) is 0 Å². The molecule has 4 atom stereocenters. The van der Waals surface area contributed by atoms with Crippen molar-refractivity contribution in [3.05, 3.63) is 0 Å². The lowest BCUT2D eigenvalue weighted by Crippen LogP contribution is -2.66. The molecule has 0 heterocycles. The van der Waals surface area contributed by atoms with Gasteiger partial charge in [-0.2, -0.15) is 0 Å². The summed E-state index contributed by atoms with van der Waals surface area (Å²) in [6.45, 7) is 12.7. The van der Waals surface area contributed by atoms with Crippen molar-refractivity contribution in [2.45, 2.75) is 78.6 Å². The van der Waals surface area contributed by atoms with Crippen molar-refractivity contribution in [1.29, 1.82) is 0 Å². The standard InChI is InChI=1S/C18H29NO5/c1-10(19-15(22)24-16(2,3)4)14(21)23-18(7)12-8-11(9-13(18)20)17(12,5)6/h10-12H,8-9H2,1-7H3,(H,19,22)/t10?,11-,12-,18-/m1/s1. The van der Waals surface area contributed by atoms with Gasteiger partial charge in [0.05, 0.1) is 0 Å². The summed E-state index contributed by atoms with van der Waals surface area (Å²) in [4.78, 5) is 36.6. The van der Waals surface area contributed by atoms with Crippen molar-refractivity contribution in [2.24, 2.45) is 17.3 Å². The molecule has 0 aliphatic heterocycles. The zero-order valence-corrected chi connectivity index (χ0v) is 15.7. The molecule has 24 heavy (non-hydrogen) atoms. The highest BCUT2D eigenvalue weighted by atomic mass is 16.6. The maximum absolute atomic E-state index is 12.4. The molecule has 0 radical (unpaired) electrons. The van der Waals surface area contributed by atoms with Crippen LogP contribution in [0.5, 0.6) is 0 Å². The van der Waals surface area contributed by atoms with Crippen molar-refractivity contribution in [2.75, 3.05) is 0 Å². The van der Waals surface area contributed by atoms with Gasteiger partial charge >= 0.3 is 12.1 Å². The van der Waals surface area contributed by atoms with Crippen LogP contribution in [0, 0.1) is 17.3 Å². The third-order valence-corrected chi connectivity index (χ3v) is 5.52. The Morgan fingerprint density at radius 1 is 1.25 bits per heavy atom. The van der Waals surface area contributed by atoms with Crippen LogP contribution < -0.4 is 5.32 Å². The summed E-state index contributed by atoms with van der Waals surface area (Å²) in [7, 11) is 0. The number of Topliss-reactive ketones (excluding diaryl/α,β-unsaturated/α-hetero) is 1. The Hall–Kier alpha value is -1.59. The maximum Gasteiger partial charge on any atom is 0.408 e. The maximum atomic E-state index is 12.4. The Kier molecular flexibility index (Phi) is 4.48. The first-order valence-electron chi connectivity index (χ1n) is 8.53. The summed E-state index contributed by atoms with van der Waals surface area (Å²) < 4.78 is 10.7. The molecule has 6 heteroatoms. The summed E-state index contributed by atoms with van der Waals surface area (Å²) in [6.07, 6.45) is 0.661. The molecule has 1 amide bonds. The van der Waals surface area contributed by atoms with Gasteiger partial charge in [-0.15, -0.1) is 0 Å². The molecule has 0 aromatic heterocycles. The van der Waals surface area contributed by atoms with E-state index in [4.69, 9.17) is 9.47 Å². The van der Waals surface area contributed by atoms with Crippen LogP contribution in [0.15, 0.2) is 0 Å². The molecular formula is C18H29NO5. The number of ketones is 1. The second kappa shape index (κ2) is 5.74. The quantitative estimate of drug-likeness (QED) is 0.800. The summed E-state index contributed by atoms with van der Waals surface area (Å²) in [5.74, 6) is -0.244. The molecule has 3 aliphatic rings. The van der Waals surface area contributed by atoms with Crippen molar-refractivity contribution < 1.29 is 23.9 Å². The number of ether oxygens (including phenoxy) is 2. The second-order valence-electron chi connectivity index (χ2n) is 8.83. The predicted molar refractivity (Wildman–Crippen MR) is 88.3 cm³/mol. The largest absolute Gasteiger partial charge is 0.450 e. The molecular weight excluding hydrogens is 310 g/mol. The Bertz CT molecular complexity index is 562. The average molecular weight is 339 g/mol. The molecule has 3 fully saturated rings. The van der Waals surface area contributed by atoms with Crippen LogP contribution in [0.4, 0.5) is 4.79 Å². The second-order valence-corrected chi connectivity index (χ2v) is 8.83. The van der Waals surface area contributed by atoms with Gasteiger partial charge < -0.3 is 14.8 Å². The van der Waals surface area contributed by atoms with E-state index in [9.17, 15) is 14.4 Å². The number of hydrogen-bond donors (Lipinski definition) is 1. The zero-order valence-electron chi connectivity index (χ0n) is 15.7. The van der Waals surface area contributed by atoms with Crippen LogP contribution in [0.1, 0.15) is 61.3 Å². The number of esters is 1. The summed E-state index contributed by atoms with van der Waals surface area (Å²) in [6, 6.07) is -0.884. The molecule has 3 aliphatic carbocycles. The number of carbonyl (C=O) groups is 3. The highest BCUT2D eigenvalue weighted by Crippen LogP contribution is 2.62. The zero-order chi connectivity index (χ0) is 18.5. The molecule has 1 unspecified atom stereocenters. The SMILES string of the molecule is CC(NC(=O)OC(C)(C)C)C(=O)O[C@@]1(C)C(=O)C[C@H]2C[C@@H]1C2(C)C. The number of amides is 1. The smallest absolute Gasteiger partial charge is 0.408 e. The van der Waals surface area contributed by atoms with Gasteiger partial charge in [-0.3, -0.25) is 4.79 Å². The van der Waals surface area contributed by atoms with Crippen LogP contribution >= 0.6 is 0 Å². The Morgan fingerprint density at radius 2 is 1.83 bits per heavy atom. The van der Waals surface area contributed by atoms with E-state index in [1.54, 1.807) is 27.7 Å². The molecule has 6 nitrogen and oxygen atoms in total. The first-order valence-corrected chi connectivity index (χ1v) is 8.53. The van der Waals surface area contributed by atoms with Crippen LogP contribution in [0.3, 0.4) is 0 Å². The van der Waals surface area contributed by atoms with Crippen molar-refractivity contribution in [1.82, 2.24) is 5.32 Å². The Labute approximate surface area is 143 Å². The molecule has 3 rings (SSSR count). The highest BCUT2D eigenvalue weighted by Gasteiger charge is 2.65. The van der Waals surface area contributed by atoms with Gasteiger partial charge in [0.2, 0.25) is 0 Å². The minimum atomic E-state index is -1.11. The number of carbonyl (C=O) groups excluding carboxylic acids is 3. The van der Waals surface area contributed by atoms with Crippen molar-refractivity contribution in [3.63, 3.8) is 0 Å². The number of nitrogens with one attached hydrogen (secondary N) is 1. The van der Waals surface area contributed by atoms with E-state index in [1.165, 1.54) is 6.92 Å². The van der Waals surface area contributed by atoms with Gasteiger partial charge in [0.25, 0.3) is 0 Å². The van der Waals surface area contributed by atoms with Crippen LogP contribution in [0.2, 0.25) is 0 Å². The number of fused-ring (bicyclic) bond motifs is 2. The third-order valence-electron chi connectivity index (χ3n) is 5.52. The molecule has 0 aromatic rings. The topological polar surface area (TPSA) is 81.7 Å². The molecule has 0 saturated heterocycles. The lowest BCUT2D eigenvalue weighted by Gasteiger charge is -2.62. The summed E-state index contributed by atoms with van der Waals surface area (Å²) >= 11 is 0. The molecule has 0 aromatic carbocycles. The lowest BCUT2D eigenvalue weighted by atomic mass is 9.44. The molecule has 1 N–H and O–H groups in total. The van der Waals surface area contributed by atoms with Gasteiger partial charge in [-0.05, 0) is 52.4 Å². The summed E-state index contributed by atoms with van der Waals surface area (Å²) in [5.41, 5.74) is -1.77. The Morgan fingerprint density at radius 3 is 2.33 bits per heavy atom. The van der Waals surface area contributed by atoms with E-state index in [0.717, 1.165) is 6.42 Å². The van der Waals surface area contributed by atoms with Crippen LogP contribution in [-0.4, -0.2) is 35.1 Å².